The second kappa shape index (κ2) is 5.64. The third-order valence-electron chi connectivity index (χ3n) is 4.42. The predicted molar refractivity (Wildman–Crippen MR) is 83.6 cm³/mol. The summed E-state index contributed by atoms with van der Waals surface area (Å²) in [4.78, 5) is 0. The molecule has 0 saturated heterocycles. The lowest BCUT2D eigenvalue weighted by atomic mass is 9.82. The molecular weight excluding hydrogens is 230 g/mol. The fraction of sp³-hybridized carbons (Fsp3) is 0.444. The zero-order valence-electron chi connectivity index (χ0n) is 11.7. The molecule has 0 bridgehead atoms. The molecule has 1 aliphatic rings. The van der Waals surface area contributed by atoms with Gasteiger partial charge in [0.05, 0.1) is 0 Å². The second-order valence-corrected chi connectivity index (χ2v) is 6.05. The molecule has 2 aromatic carbocycles. The van der Waals surface area contributed by atoms with Crippen LogP contribution in [0, 0.1) is 11.8 Å². The quantitative estimate of drug-likeness (QED) is 0.804. The van der Waals surface area contributed by atoms with Gasteiger partial charge in [0.25, 0.3) is 0 Å². The monoisotopic (exact) mass is 253 g/mol. The molecule has 0 aliphatic heterocycles. The summed E-state index contributed by atoms with van der Waals surface area (Å²) in [6.07, 6.45) is 5.60. The third-order valence-corrected chi connectivity index (χ3v) is 4.42. The summed E-state index contributed by atoms with van der Waals surface area (Å²) in [5.74, 6) is 1.76. The lowest BCUT2D eigenvalue weighted by Crippen LogP contribution is -2.21. The Morgan fingerprint density at radius 2 is 1.89 bits per heavy atom. The first kappa shape index (κ1) is 12.5. The second-order valence-electron chi connectivity index (χ2n) is 6.05. The molecule has 1 nitrogen and oxygen atoms in total. The van der Waals surface area contributed by atoms with E-state index in [0.717, 1.165) is 18.4 Å². The molecule has 2 aromatic rings. The largest absolute Gasteiger partial charge is 0.384 e. The molecule has 0 amide bonds. The number of hydrogen-bond acceptors (Lipinski definition) is 1. The van der Waals surface area contributed by atoms with E-state index in [1.54, 1.807) is 0 Å². The van der Waals surface area contributed by atoms with E-state index in [-0.39, 0.29) is 0 Å². The Kier molecular flexibility index (Phi) is 3.72. The van der Waals surface area contributed by atoms with Gasteiger partial charge in [-0.05, 0) is 36.1 Å². The molecule has 0 aromatic heterocycles. The SMILES string of the molecule is CC1CCCC(CNc2cccc3ccccc23)C1. The Hall–Kier alpha value is -1.50. The fourth-order valence-corrected chi connectivity index (χ4v) is 3.38. The van der Waals surface area contributed by atoms with E-state index >= 15 is 0 Å². The van der Waals surface area contributed by atoms with Crippen LogP contribution in [0.1, 0.15) is 32.6 Å². The minimum Gasteiger partial charge on any atom is -0.384 e. The van der Waals surface area contributed by atoms with Gasteiger partial charge in [-0.25, -0.2) is 0 Å². The number of rotatable bonds is 3. The van der Waals surface area contributed by atoms with E-state index in [4.69, 9.17) is 0 Å². The first-order valence-corrected chi connectivity index (χ1v) is 7.54. The summed E-state index contributed by atoms with van der Waals surface area (Å²) in [7, 11) is 0. The lowest BCUT2D eigenvalue weighted by Gasteiger charge is -2.27. The summed E-state index contributed by atoms with van der Waals surface area (Å²) in [6, 6.07) is 15.2. The molecule has 1 heteroatoms. The van der Waals surface area contributed by atoms with Crippen LogP contribution in [0.25, 0.3) is 10.8 Å². The summed E-state index contributed by atoms with van der Waals surface area (Å²) in [6.45, 7) is 3.52. The molecule has 1 fully saturated rings. The van der Waals surface area contributed by atoms with Crippen molar-refractivity contribution in [1.29, 1.82) is 0 Å². The maximum Gasteiger partial charge on any atom is 0.0419 e. The van der Waals surface area contributed by atoms with Gasteiger partial charge in [-0.15, -0.1) is 0 Å². The summed E-state index contributed by atoms with van der Waals surface area (Å²) < 4.78 is 0. The minimum atomic E-state index is 0.850. The van der Waals surface area contributed by atoms with E-state index in [1.165, 1.54) is 42.1 Å². The maximum absolute atomic E-state index is 3.68. The van der Waals surface area contributed by atoms with Crippen LogP contribution in [-0.4, -0.2) is 6.54 Å². The Balaban J connectivity index is 1.71. The Bertz CT molecular complexity index is 541. The van der Waals surface area contributed by atoms with Crippen molar-refractivity contribution in [3.05, 3.63) is 42.5 Å². The van der Waals surface area contributed by atoms with Gasteiger partial charge in [-0.3, -0.25) is 0 Å². The average Bonchev–Trinajstić information content (AvgIpc) is 2.45. The number of anilines is 1. The van der Waals surface area contributed by atoms with E-state index < -0.39 is 0 Å². The fourth-order valence-electron chi connectivity index (χ4n) is 3.38. The van der Waals surface area contributed by atoms with Gasteiger partial charge in [0, 0.05) is 17.6 Å². The van der Waals surface area contributed by atoms with Crippen LogP contribution < -0.4 is 5.32 Å². The van der Waals surface area contributed by atoms with Gasteiger partial charge in [-0.1, -0.05) is 56.2 Å². The molecule has 0 spiro atoms. The Labute approximate surface area is 116 Å². The van der Waals surface area contributed by atoms with Crippen molar-refractivity contribution in [2.75, 3.05) is 11.9 Å². The molecule has 3 rings (SSSR count). The molecule has 1 N–H and O–H groups in total. The van der Waals surface area contributed by atoms with Crippen LogP contribution in [0.3, 0.4) is 0 Å². The van der Waals surface area contributed by atoms with Crippen molar-refractivity contribution in [2.24, 2.45) is 11.8 Å². The Morgan fingerprint density at radius 3 is 2.79 bits per heavy atom. The van der Waals surface area contributed by atoms with E-state index in [1.807, 2.05) is 0 Å². The van der Waals surface area contributed by atoms with Gasteiger partial charge in [0.2, 0.25) is 0 Å². The molecule has 1 aliphatic carbocycles. The summed E-state index contributed by atoms with van der Waals surface area (Å²) >= 11 is 0. The van der Waals surface area contributed by atoms with Crippen LogP contribution in [0.15, 0.2) is 42.5 Å². The number of benzene rings is 2. The minimum absolute atomic E-state index is 0.850. The van der Waals surface area contributed by atoms with Gasteiger partial charge in [0.15, 0.2) is 0 Å². The molecular formula is C18H23N. The van der Waals surface area contributed by atoms with Crippen molar-refractivity contribution in [1.82, 2.24) is 0 Å². The number of hydrogen-bond donors (Lipinski definition) is 1. The molecule has 2 atom stereocenters. The van der Waals surface area contributed by atoms with Crippen molar-refractivity contribution in [3.8, 4) is 0 Å². The van der Waals surface area contributed by atoms with Crippen LogP contribution in [0.2, 0.25) is 0 Å². The molecule has 0 heterocycles. The van der Waals surface area contributed by atoms with Gasteiger partial charge in [-0.2, -0.15) is 0 Å². The molecule has 100 valence electrons. The standard InChI is InChI=1S/C18H23N/c1-14-6-4-7-15(12-14)13-19-18-11-5-9-16-8-2-3-10-17(16)18/h2-3,5,8-11,14-15,19H,4,6-7,12-13H2,1H3. The predicted octanol–water partition coefficient (Wildman–Crippen LogP) is 5.08. The van der Waals surface area contributed by atoms with Crippen LogP contribution >= 0.6 is 0 Å². The summed E-state index contributed by atoms with van der Waals surface area (Å²) in [5.41, 5.74) is 1.29. The first-order chi connectivity index (χ1) is 9.33. The molecule has 0 radical (unpaired) electrons. The zero-order chi connectivity index (χ0) is 13.1. The van der Waals surface area contributed by atoms with Crippen molar-refractivity contribution < 1.29 is 0 Å². The summed E-state index contributed by atoms with van der Waals surface area (Å²) in [5, 5.41) is 6.34. The van der Waals surface area contributed by atoms with Crippen LogP contribution in [0.4, 0.5) is 5.69 Å². The molecule has 1 saturated carbocycles. The third kappa shape index (κ3) is 2.91. The molecule has 19 heavy (non-hydrogen) atoms. The molecule has 2 unspecified atom stereocenters. The smallest absolute Gasteiger partial charge is 0.0419 e. The Morgan fingerprint density at radius 1 is 1.05 bits per heavy atom. The van der Waals surface area contributed by atoms with Crippen molar-refractivity contribution in [2.45, 2.75) is 32.6 Å². The van der Waals surface area contributed by atoms with Crippen molar-refractivity contribution in [3.63, 3.8) is 0 Å². The maximum atomic E-state index is 3.68. The highest BCUT2D eigenvalue weighted by atomic mass is 14.9. The van der Waals surface area contributed by atoms with Crippen molar-refractivity contribution >= 4 is 16.5 Å². The van der Waals surface area contributed by atoms with E-state index in [2.05, 4.69) is 54.7 Å². The topological polar surface area (TPSA) is 12.0 Å². The van der Waals surface area contributed by atoms with Gasteiger partial charge < -0.3 is 5.32 Å². The van der Waals surface area contributed by atoms with E-state index in [9.17, 15) is 0 Å². The number of nitrogens with one attached hydrogen (secondary N) is 1. The first-order valence-electron chi connectivity index (χ1n) is 7.54. The number of fused-ring (bicyclic) bond motifs is 1. The van der Waals surface area contributed by atoms with Gasteiger partial charge >= 0.3 is 0 Å². The zero-order valence-corrected chi connectivity index (χ0v) is 11.7. The van der Waals surface area contributed by atoms with E-state index in [0.29, 0.717) is 0 Å². The average molecular weight is 253 g/mol. The highest BCUT2D eigenvalue weighted by molar-refractivity contribution is 5.93. The highest BCUT2D eigenvalue weighted by Crippen LogP contribution is 2.29. The van der Waals surface area contributed by atoms with Crippen LogP contribution in [0.5, 0.6) is 0 Å². The van der Waals surface area contributed by atoms with Crippen LogP contribution in [-0.2, 0) is 0 Å². The normalized spacial score (nSPS) is 23.4. The lowest BCUT2D eigenvalue weighted by molar-refractivity contribution is 0.293. The van der Waals surface area contributed by atoms with Gasteiger partial charge in [0.1, 0.15) is 0 Å². The highest BCUT2D eigenvalue weighted by Gasteiger charge is 2.18.